The van der Waals surface area contributed by atoms with Crippen molar-refractivity contribution in [3.63, 3.8) is 0 Å². The van der Waals surface area contributed by atoms with Gasteiger partial charge < -0.3 is 14.9 Å². The molecule has 4 nitrogen and oxygen atoms in total. The molecule has 0 aromatic heterocycles. The maximum absolute atomic E-state index is 10.4. The Morgan fingerprint density at radius 3 is 2.41 bits per heavy atom. The van der Waals surface area contributed by atoms with E-state index in [2.05, 4.69) is 0 Å². The van der Waals surface area contributed by atoms with Crippen molar-refractivity contribution < 1.29 is 19.7 Å². The van der Waals surface area contributed by atoms with Gasteiger partial charge in [0, 0.05) is 0 Å². The second-order valence-corrected chi connectivity index (χ2v) is 4.26. The van der Waals surface area contributed by atoms with Crippen molar-refractivity contribution in [2.45, 2.75) is 33.3 Å². The highest BCUT2D eigenvalue weighted by atomic mass is 16.5. The van der Waals surface area contributed by atoms with Gasteiger partial charge in [0.25, 0.3) is 0 Å². The molecule has 0 saturated heterocycles. The maximum Gasteiger partial charge on any atom is 0.306 e. The molecular weight excluding hydrogens is 220 g/mol. The van der Waals surface area contributed by atoms with Gasteiger partial charge in [-0.3, -0.25) is 4.79 Å². The van der Waals surface area contributed by atoms with Crippen LogP contribution in [0.5, 0.6) is 5.75 Å². The van der Waals surface area contributed by atoms with E-state index < -0.39 is 12.1 Å². The fourth-order valence-electron chi connectivity index (χ4n) is 1.54. The first-order chi connectivity index (χ1) is 7.90. The minimum atomic E-state index is -1.03. The topological polar surface area (TPSA) is 66.8 Å². The van der Waals surface area contributed by atoms with Gasteiger partial charge in [0.1, 0.15) is 12.4 Å². The number of aliphatic hydroxyl groups is 1. The Bertz CT molecular complexity index is 412. The lowest BCUT2D eigenvalue weighted by molar-refractivity contribution is -0.139. The predicted octanol–water partition coefficient (Wildman–Crippen LogP) is 1.83. The summed E-state index contributed by atoms with van der Waals surface area (Å²) < 4.78 is 5.42. The third-order valence-corrected chi connectivity index (χ3v) is 2.63. The lowest BCUT2D eigenvalue weighted by atomic mass is 10.1. The Morgan fingerprint density at radius 1 is 1.24 bits per heavy atom. The van der Waals surface area contributed by atoms with Gasteiger partial charge in [-0.1, -0.05) is 6.07 Å². The molecule has 1 aromatic rings. The molecule has 1 atom stereocenters. The lowest BCUT2D eigenvalue weighted by Gasteiger charge is -2.14. The summed E-state index contributed by atoms with van der Waals surface area (Å²) in [5, 5.41) is 17.9. The molecule has 0 aliphatic rings. The highest BCUT2D eigenvalue weighted by Gasteiger charge is 2.11. The van der Waals surface area contributed by atoms with Crippen LogP contribution >= 0.6 is 0 Å². The fraction of sp³-hybridized carbons (Fsp3) is 0.462. The molecule has 0 saturated carbocycles. The highest BCUT2D eigenvalue weighted by molar-refractivity contribution is 5.67. The molecule has 1 unspecified atom stereocenters. The lowest BCUT2D eigenvalue weighted by Crippen LogP contribution is -2.21. The van der Waals surface area contributed by atoms with Crippen molar-refractivity contribution >= 4 is 5.97 Å². The molecule has 2 N–H and O–H groups in total. The SMILES string of the molecule is Cc1cc(C)c(OCC(O)CC(=O)O)cc1C. The molecule has 1 rings (SSSR count). The zero-order chi connectivity index (χ0) is 13.0. The number of ether oxygens (including phenoxy) is 1. The quantitative estimate of drug-likeness (QED) is 0.821. The largest absolute Gasteiger partial charge is 0.491 e. The van der Waals surface area contributed by atoms with E-state index in [1.165, 1.54) is 5.56 Å². The van der Waals surface area contributed by atoms with Crippen LogP contribution in [0.15, 0.2) is 12.1 Å². The average molecular weight is 238 g/mol. The molecule has 0 radical (unpaired) electrons. The number of aliphatic hydroxyl groups excluding tert-OH is 1. The molecule has 0 amide bonds. The van der Waals surface area contributed by atoms with Crippen LogP contribution in [0.1, 0.15) is 23.1 Å². The normalized spacial score (nSPS) is 12.2. The van der Waals surface area contributed by atoms with E-state index in [1.54, 1.807) is 0 Å². The first-order valence-corrected chi connectivity index (χ1v) is 5.50. The Hall–Kier alpha value is -1.55. The van der Waals surface area contributed by atoms with Gasteiger partial charge in [-0.25, -0.2) is 0 Å². The Labute approximate surface area is 101 Å². The number of carbonyl (C=O) groups is 1. The van der Waals surface area contributed by atoms with Crippen LogP contribution in [0.25, 0.3) is 0 Å². The third-order valence-electron chi connectivity index (χ3n) is 2.63. The molecule has 0 aliphatic carbocycles. The number of aliphatic carboxylic acids is 1. The number of aryl methyl sites for hydroxylation is 3. The number of rotatable bonds is 5. The van der Waals surface area contributed by atoms with Gasteiger partial charge >= 0.3 is 5.97 Å². The van der Waals surface area contributed by atoms with Crippen molar-refractivity contribution in [1.29, 1.82) is 0 Å². The van der Waals surface area contributed by atoms with Gasteiger partial charge in [-0.2, -0.15) is 0 Å². The van der Waals surface area contributed by atoms with Crippen LogP contribution < -0.4 is 4.74 Å². The van der Waals surface area contributed by atoms with Gasteiger partial charge in [0.15, 0.2) is 0 Å². The van der Waals surface area contributed by atoms with E-state index in [0.29, 0.717) is 5.75 Å². The van der Waals surface area contributed by atoms with Crippen LogP contribution in [0.4, 0.5) is 0 Å². The van der Waals surface area contributed by atoms with E-state index >= 15 is 0 Å². The van der Waals surface area contributed by atoms with Gasteiger partial charge in [-0.15, -0.1) is 0 Å². The zero-order valence-corrected chi connectivity index (χ0v) is 10.4. The molecule has 1 aromatic carbocycles. The number of benzene rings is 1. The molecule has 0 aliphatic heterocycles. The summed E-state index contributed by atoms with van der Waals surface area (Å²) in [5.41, 5.74) is 3.27. The van der Waals surface area contributed by atoms with E-state index in [-0.39, 0.29) is 13.0 Å². The first kappa shape index (κ1) is 13.5. The molecular formula is C13H18O4. The summed E-state index contributed by atoms with van der Waals surface area (Å²) in [6.45, 7) is 5.92. The Kier molecular flexibility index (Phi) is 4.52. The number of hydrogen-bond acceptors (Lipinski definition) is 3. The summed E-state index contributed by atoms with van der Waals surface area (Å²) in [7, 11) is 0. The zero-order valence-electron chi connectivity index (χ0n) is 10.4. The number of carboxylic acids is 1. The number of carboxylic acid groups (broad SMARTS) is 1. The van der Waals surface area contributed by atoms with Crippen molar-refractivity contribution in [2.75, 3.05) is 6.61 Å². The molecule has 0 bridgehead atoms. The van der Waals surface area contributed by atoms with Crippen LogP contribution in [0, 0.1) is 20.8 Å². The van der Waals surface area contributed by atoms with Crippen LogP contribution in [0.2, 0.25) is 0 Å². The van der Waals surface area contributed by atoms with Crippen LogP contribution in [-0.4, -0.2) is 28.9 Å². The monoisotopic (exact) mass is 238 g/mol. The summed E-state index contributed by atoms with van der Waals surface area (Å²) >= 11 is 0. The van der Waals surface area contributed by atoms with Crippen LogP contribution in [-0.2, 0) is 4.79 Å². The van der Waals surface area contributed by atoms with E-state index in [4.69, 9.17) is 9.84 Å². The van der Waals surface area contributed by atoms with Crippen molar-refractivity contribution in [3.05, 3.63) is 28.8 Å². The second-order valence-electron chi connectivity index (χ2n) is 4.26. The molecule has 0 spiro atoms. The minimum Gasteiger partial charge on any atom is -0.491 e. The summed E-state index contributed by atoms with van der Waals surface area (Å²) in [4.78, 5) is 10.4. The summed E-state index contributed by atoms with van der Waals surface area (Å²) in [5.74, 6) is -0.338. The Morgan fingerprint density at radius 2 is 1.82 bits per heavy atom. The van der Waals surface area contributed by atoms with E-state index in [9.17, 15) is 9.90 Å². The Balaban J connectivity index is 2.63. The van der Waals surface area contributed by atoms with Crippen molar-refractivity contribution in [3.8, 4) is 5.75 Å². The molecule has 0 heterocycles. The molecule has 17 heavy (non-hydrogen) atoms. The maximum atomic E-state index is 10.4. The fourth-order valence-corrected chi connectivity index (χ4v) is 1.54. The smallest absolute Gasteiger partial charge is 0.306 e. The average Bonchev–Trinajstić information content (AvgIpc) is 2.20. The van der Waals surface area contributed by atoms with Gasteiger partial charge in [-0.05, 0) is 43.5 Å². The highest BCUT2D eigenvalue weighted by Crippen LogP contribution is 2.22. The second kappa shape index (κ2) is 5.68. The minimum absolute atomic E-state index is 0.00432. The molecule has 4 heteroatoms. The molecule has 94 valence electrons. The molecule has 0 fully saturated rings. The third kappa shape index (κ3) is 4.07. The first-order valence-electron chi connectivity index (χ1n) is 5.50. The van der Waals surface area contributed by atoms with E-state index in [0.717, 1.165) is 11.1 Å². The summed E-state index contributed by atoms with van der Waals surface area (Å²) in [6.07, 6.45) is -1.28. The summed E-state index contributed by atoms with van der Waals surface area (Å²) in [6, 6.07) is 3.91. The van der Waals surface area contributed by atoms with Crippen molar-refractivity contribution in [1.82, 2.24) is 0 Å². The van der Waals surface area contributed by atoms with E-state index in [1.807, 2.05) is 32.9 Å². The predicted molar refractivity (Wildman–Crippen MR) is 64.4 cm³/mol. The van der Waals surface area contributed by atoms with Crippen molar-refractivity contribution in [2.24, 2.45) is 0 Å². The van der Waals surface area contributed by atoms with Gasteiger partial charge in [0.2, 0.25) is 0 Å². The standard InChI is InChI=1S/C13H18O4/c1-8-4-10(3)12(5-9(8)2)17-7-11(14)6-13(15)16/h4-5,11,14H,6-7H2,1-3H3,(H,15,16). The van der Waals surface area contributed by atoms with Crippen LogP contribution in [0.3, 0.4) is 0 Å². The number of hydrogen-bond donors (Lipinski definition) is 2. The van der Waals surface area contributed by atoms with Gasteiger partial charge in [0.05, 0.1) is 12.5 Å².